The van der Waals surface area contributed by atoms with Gasteiger partial charge < -0.3 is 27.4 Å². The second-order valence-electron chi connectivity index (χ2n) is 37.2. The van der Waals surface area contributed by atoms with Gasteiger partial charge in [0.15, 0.2) is 0 Å². The molecule has 0 saturated carbocycles. The van der Waals surface area contributed by atoms with E-state index in [0.29, 0.717) is 0 Å². The predicted molar refractivity (Wildman–Crippen MR) is 602 cm³/mol. The first kappa shape index (κ1) is 82.8. The van der Waals surface area contributed by atoms with Crippen LogP contribution in [0.4, 0.5) is 0 Å². The Morgan fingerprint density at radius 2 is 0.410 bits per heavy atom. The minimum absolute atomic E-state index is 0.986. The largest absolute Gasteiger partial charge is 0.309 e. The fourth-order valence-corrected chi connectivity index (χ4v) is 22.5. The van der Waals surface area contributed by atoms with Gasteiger partial charge in [-0.15, -0.1) is 0 Å². The summed E-state index contributed by atoms with van der Waals surface area (Å²) in [7, 11) is 0. The second kappa shape index (κ2) is 34.3. The van der Waals surface area contributed by atoms with Crippen LogP contribution < -0.4 is 0 Å². The van der Waals surface area contributed by atoms with Crippen LogP contribution in [0.15, 0.2) is 522 Å². The Hall–Kier alpha value is -19.4. The number of fused-ring (bicyclic) bond motifs is 24. The highest BCUT2D eigenvalue weighted by atomic mass is 15.0. The molecule has 0 bridgehead atoms. The molecule has 0 radical (unpaired) electrons. The van der Waals surface area contributed by atoms with Crippen LogP contribution in [0.1, 0.15) is 0 Å². The lowest BCUT2D eigenvalue weighted by Gasteiger charge is -2.12. The zero-order valence-corrected chi connectivity index (χ0v) is 78.1. The van der Waals surface area contributed by atoms with Crippen molar-refractivity contribution in [3.8, 4) is 101 Å². The van der Waals surface area contributed by atoms with E-state index in [-0.39, 0.29) is 0 Å². The minimum atomic E-state index is 0.986. The van der Waals surface area contributed by atoms with E-state index in [2.05, 4.69) is 536 Å². The summed E-state index contributed by atoms with van der Waals surface area (Å²) >= 11 is 0. The Morgan fingerprint density at radius 1 is 0.139 bits per heavy atom. The van der Waals surface area contributed by atoms with E-state index >= 15 is 0 Å². The Labute approximate surface area is 828 Å². The lowest BCUT2D eigenvalue weighted by Crippen LogP contribution is -1.95. The third-order valence-corrected chi connectivity index (χ3v) is 29.1. The highest BCUT2D eigenvalue weighted by Crippen LogP contribution is 2.47. The van der Waals surface area contributed by atoms with Gasteiger partial charge in [-0.05, 0) is 249 Å². The molecule has 30 aromatic rings. The summed E-state index contributed by atoms with van der Waals surface area (Å²) in [6.45, 7) is 0. The van der Waals surface area contributed by atoms with Crippen molar-refractivity contribution >= 4 is 164 Å². The smallest absolute Gasteiger partial charge is 0.0970 e. The van der Waals surface area contributed by atoms with Crippen molar-refractivity contribution in [2.75, 3.05) is 0 Å². The number of para-hydroxylation sites is 8. The van der Waals surface area contributed by atoms with Gasteiger partial charge in [-0.1, -0.05) is 309 Å². The third kappa shape index (κ3) is 13.9. The highest BCUT2D eigenvalue weighted by molar-refractivity contribution is 6.22. The molecule has 10 aromatic heterocycles. The Balaban J connectivity index is 0.000000105. The van der Waals surface area contributed by atoms with Gasteiger partial charge in [-0.25, -0.2) is 0 Å². The maximum absolute atomic E-state index is 5.05. The maximum Gasteiger partial charge on any atom is 0.0970 e. The summed E-state index contributed by atoms with van der Waals surface area (Å²) in [6, 6.07) is 177. The quantitative estimate of drug-likeness (QED) is 0.122. The van der Waals surface area contributed by atoms with Gasteiger partial charge >= 0.3 is 0 Å². The minimum Gasteiger partial charge on any atom is -0.309 e. The molecule has 10 nitrogen and oxygen atoms in total. The van der Waals surface area contributed by atoms with E-state index in [1.807, 2.05) is 18.6 Å². The van der Waals surface area contributed by atoms with Gasteiger partial charge in [0.2, 0.25) is 0 Å². The van der Waals surface area contributed by atoms with Crippen LogP contribution in [0.25, 0.3) is 264 Å². The van der Waals surface area contributed by atoms with Crippen LogP contribution >= 0.6 is 0 Å². The molecule has 0 aliphatic heterocycles. The van der Waals surface area contributed by atoms with E-state index in [1.54, 1.807) is 0 Å². The van der Waals surface area contributed by atoms with Gasteiger partial charge in [-0.2, -0.15) is 0 Å². The predicted octanol–water partition coefficient (Wildman–Crippen LogP) is 34.7. The van der Waals surface area contributed by atoms with Crippen LogP contribution in [-0.4, -0.2) is 47.3 Å². The number of pyridine rings is 4. The molecule has 144 heavy (non-hydrogen) atoms. The fraction of sp³-hybridized carbons (Fsp3) is 0. The Kier molecular flexibility index (Phi) is 19.7. The average molecular weight is 1840 g/mol. The molecular formula is C134H86N10. The van der Waals surface area contributed by atoms with Crippen molar-refractivity contribution in [3.05, 3.63) is 522 Å². The van der Waals surface area contributed by atoms with Gasteiger partial charge in [0.05, 0.1) is 82.8 Å². The summed E-state index contributed by atoms with van der Waals surface area (Å²) in [6.07, 6.45) is 9.82. The first-order valence-corrected chi connectivity index (χ1v) is 49.0. The van der Waals surface area contributed by atoms with Gasteiger partial charge in [0.25, 0.3) is 0 Å². The lowest BCUT2D eigenvalue weighted by atomic mass is 10.0. The van der Waals surface area contributed by atoms with Gasteiger partial charge in [-0.3, -0.25) is 19.9 Å². The third-order valence-electron chi connectivity index (χ3n) is 29.1. The molecule has 0 fully saturated rings. The monoisotopic (exact) mass is 1830 g/mol. The van der Waals surface area contributed by atoms with Crippen molar-refractivity contribution in [1.82, 2.24) is 47.3 Å². The lowest BCUT2D eigenvalue weighted by molar-refractivity contribution is 1.18. The number of benzene rings is 20. The van der Waals surface area contributed by atoms with Crippen molar-refractivity contribution in [2.24, 2.45) is 0 Å². The molecule has 0 saturated heterocycles. The van der Waals surface area contributed by atoms with Crippen LogP contribution in [0.3, 0.4) is 0 Å². The molecule has 0 amide bonds. The number of hydrogen-bond donors (Lipinski definition) is 0. The summed E-state index contributed by atoms with van der Waals surface area (Å²) < 4.78 is 14.3. The first-order valence-electron chi connectivity index (χ1n) is 49.0. The van der Waals surface area contributed by atoms with E-state index in [1.165, 1.54) is 171 Å². The molecule has 10 heteroatoms. The zero-order chi connectivity index (χ0) is 94.8. The molecule has 20 aromatic carbocycles. The summed E-state index contributed by atoms with van der Waals surface area (Å²) in [5.41, 5.74) is 38.3. The topological polar surface area (TPSA) is 81.1 Å². The maximum atomic E-state index is 5.05. The zero-order valence-electron chi connectivity index (χ0n) is 78.1. The highest BCUT2D eigenvalue weighted by Gasteiger charge is 2.25. The van der Waals surface area contributed by atoms with Gasteiger partial charge in [0, 0.05) is 146 Å². The summed E-state index contributed by atoms with van der Waals surface area (Å²) in [4.78, 5) is 19.3. The molecule has 30 rings (SSSR count). The normalized spacial score (nSPS) is 11.8. The van der Waals surface area contributed by atoms with Crippen molar-refractivity contribution in [2.45, 2.75) is 0 Å². The fourth-order valence-electron chi connectivity index (χ4n) is 22.5. The standard InChI is InChI=1S/2C45H29N3.C44H28N4/c1-3-12-30(13-4-1)31-14-11-17-35(26-31)48-44-25-23-33(28-39(44)40-29-46-41-20-9-7-19-37(41)45(40)48)32-22-24-43-38(27-32)36-18-8-10-21-42(36)47(43)34-15-5-2-6-16-34;1-3-11-30(12-4-1)31-19-23-35(24-20-31)48-44-26-22-33(28-39(44)40-29-46-41-17-9-7-16-37(41)45(40)48)32-21-25-43-38(27-32)36-15-8-10-18-42(36)47(43)34-13-5-2-6-14-34;1-3-9-29(10-4-1)30-15-19-35(20-16-30)48-42-22-18-32(26-39(42)43-44(48)36-23-24-45-27-33(36)28-46-43)31-17-21-41-38(25-31)37-13-7-8-14-40(37)47(41)34-11-5-2-6-12-34/h2*1-29H;1-28H. The van der Waals surface area contributed by atoms with Crippen molar-refractivity contribution < 1.29 is 0 Å². The average Bonchev–Trinajstić information content (AvgIpc) is 1.24. The van der Waals surface area contributed by atoms with Crippen LogP contribution in [0.5, 0.6) is 0 Å². The van der Waals surface area contributed by atoms with E-state index in [9.17, 15) is 0 Å². The van der Waals surface area contributed by atoms with Crippen LogP contribution in [-0.2, 0) is 0 Å². The van der Waals surface area contributed by atoms with Crippen molar-refractivity contribution in [3.63, 3.8) is 0 Å². The number of hydrogen-bond acceptors (Lipinski definition) is 4. The molecule has 0 unspecified atom stereocenters. The first-order chi connectivity index (χ1) is 71.4. The SMILES string of the molecule is c1ccc(-c2ccc(-n3c4ccc(-c5ccc6c(c5)c5ccccc5n6-c5ccccc5)cc4c4cnc5ccccc5c43)cc2)cc1.c1ccc(-c2ccc(-n3c4ccc(-c5ccc6c(c5)c5ccccc5n6-c5ccccc5)cc4c4ncc5cnccc5c43)cc2)cc1.c1ccc(-c2cccc(-n3c4ccc(-c5ccc6c(c5)c5ccccc5n6-c5ccccc5)cc4c4cnc5ccccc5c43)c2)cc1. The van der Waals surface area contributed by atoms with E-state index in [0.717, 1.165) is 93.6 Å². The van der Waals surface area contributed by atoms with E-state index in [4.69, 9.17) is 15.0 Å². The van der Waals surface area contributed by atoms with Crippen LogP contribution in [0.2, 0.25) is 0 Å². The number of nitrogens with zero attached hydrogens (tertiary/aromatic N) is 10. The molecule has 0 N–H and O–H groups in total. The molecule has 0 aliphatic rings. The number of rotatable bonds is 12. The van der Waals surface area contributed by atoms with Gasteiger partial charge in [0.1, 0.15) is 0 Å². The summed E-state index contributed by atoms with van der Waals surface area (Å²) in [5.74, 6) is 0. The van der Waals surface area contributed by atoms with Crippen LogP contribution in [0, 0.1) is 0 Å². The van der Waals surface area contributed by atoms with Crippen molar-refractivity contribution in [1.29, 1.82) is 0 Å². The second-order valence-corrected chi connectivity index (χ2v) is 37.2. The molecule has 672 valence electrons. The van der Waals surface area contributed by atoms with E-state index < -0.39 is 0 Å². The molecular weight excluding hydrogens is 1750 g/mol. The summed E-state index contributed by atoms with van der Waals surface area (Å²) in [5, 5.41) is 17.8. The molecule has 0 aliphatic carbocycles. The Morgan fingerprint density at radius 3 is 0.812 bits per heavy atom. The molecule has 0 spiro atoms. The molecule has 10 heterocycles. The Bertz CT molecular complexity index is 9920. The molecule has 0 atom stereocenters. The number of aromatic nitrogens is 10.